The Bertz CT molecular complexity index is 494. The molecule has 0 saturated carbocycles. The van der Waals surface area contributed by atoms with Crippen LogP contribution in [0.5, 0.6) is 0 Å². The van der Waals surface area contributed by atoms with Gasteiger partial charge in [-0.15, -0.1) is 0 Å². The van der Waals surface area contributed by atoms with E-state index in [-0.39, 0.29) is 0 Å². The van der Waals surface area contributed by atoms with Gasteiger partial charge in [-0.25, -0.2) is 4.98 Å². The van der Waals surface area contributed by atoms with Crippen LogP contribution in [-0.4, -0.2) is 15.9 Å². The van der Waals surface area contributed by atoms with Crippen molar-refractivity contribution < 1.29 is 5.21 Å². The molecule has 1 N–H and O–H groups in total. The Morgan fingerprint density at radius 2 is 1.81 bits per heavy atom. The van der Waals surface area contributed by atoms with E-state index in [1.807, 2.05) is 42.5 Å². The first-order valence-corrected chi connectivity index (χ1v) is 5.50. The van der Waals surface area contributed by atoms with Gasteiger partial charge in [-0.3, -0.25) is 0 Å². The number of rotatable bonds is 2. The molecule has 3 nitrogen and oxygen atoms in total. The molecule has 0 atom stereocenters. The highest BCUT2D eigenvalue weighted by Crippen LogP contribution is 2.12. The number of hydrogen-bond acceptors (Lipinski definition) is 3. The number of aromatic nitrogens is 1. The van der Waals surface area contributed by atoms with Crippen LogP contribution in [0.15, 0.2) is 58.4 Å². The van der Waals surface area contributed by atoms with E-state index in [4.69, 9.17) is 5.21 Å². The Morgan fingerprint density at radius 1 is 1.06 bits per heavy atom. The summed E-state index contributed by atoms with van der Waals surface area (Å²) in [5.74, 6) is 0. The van der Waals surface area contributed by atoms with E-state index in [1.165, 1.54) is 0 Å². The van der Waals surface area contributed by atoms with E-state index in [9.17, 15) is 0 Å². The quantitative estimate of drug-likeness (QED) is 0.397. The van der Waals surface area contributed by atoms with Crippen LogP contribution in [0.3, 0.4) is 0 Å². The lowest BCUT2D eigenvalue weighted by Gasteiger charge is -2.03. The molecule has 16 heavy (non-hydrogen) atoms. The lowest BCUT2D eigenvalue weighted by atomic mass is 10.0. The van der Waals surface area contributed by atoms with E-state index in [0.717, 1.165) is 15.7 Å². The minimum atomic E-state index is 0.514. The third kappa shape index (κ3) is 2.28. The lowest BCUT2D eigenvalue weighted by molar-refractivity contribution is 0.319. The highest BCUT2D eigenvalue weighted by atomic mass is 79.9. The van der Waals surface area contributed by atoms with Gasteiger partial charge in [0.2, 0.25) is 0 Å². The van der Waals surface area contributed by atoms with Gasteiger partial charge < -0.3 is 5.21 Å². The van der Waals surface area contributed by atoms with Crippen molar-refractivity contribution in [3.05, 3.63) is 64.4 Å². The van der Waals surface area contributed by atoms with Crippen molar-refractivity contribution in [2.75, 3.05) is 0 Å². The molecule has 0 unspecified atom stereocenters. The number of oxime groups is 1. The smallest absolute Gasteiger partial charge is 0.118 e. The predicted octanol–water partition coefficient (Wildman–Crippen LogP) is 3.07. The van der Waals surface area contributed by atoms with E-state index >= 15 is 0 Å². The highest BCUT2D eigenvalue weighted by molar-refractivity contribution is 9.10. The molecule has 1 aromatic carbocycles. The maximum Gasteiger partial charge on any atom is 0.118 e. The molecular formula is C12H9BrN2O. The Morgan fingerprint density at radius 3 is 2.38 bits per heavy atom. The summed E-state index contributed by atoms with van der Waals surface area (Å²) in [7, 11) is 0. The number of nitrogens with zero attached hydrogens (tertiary/aromatic N) is 2. The predicted molar refractivity (Wildman–Crippen MR) is 65.8 cm³/mol. The summed E-state index contributed by atoms with van der Waals surface area (Å²) in [5, 5.41) is 12.4. The molecular weight excluding hydrogens is 268 g/mol. The van der Waals surface area contributed by atoms with Gasteiger partial charge in [0.05, 0.1) is 0 Å². The van der Waals surface area contributed by atoms with Crippen molar-refractivity contribution >= 4 is 21.6 Å². The molecule has 0 radical (unpaired) electrons. The van der Waals surface area contributed by atoms with Crippen molar-refractivity contribution in [1.82, 2.24) is 4.98 Å². The Kier molecular flexibility index (Phi) is 3.31. The second kappa shape index (κ2) is 4.90. The van der Waals surface area contributed by atoms with Gasteiger partial charge in [-0.05, 0) is 28.1 Å². The van der Waals surface area contributed by atoms with Crippen LogP contribution in [0.25, 0.3) is 0 Å². The summed E-state index contributed by atoms with van der Waals surface area (Å²) in [6.45, 7) is 0. The minimum absolute atomic E-state index is 0.514. The molecule has 1 aromatic heterocycles. The molecule has 4 heteroatoms. The van der Waals surface area contributed by atoms with E-state index < -0.39 is 0 Å². The van der Waals surface area contributed by atoms with E-state index in [0.29, 0.717) is 5.71 Å². The molecule has 0 bridgehead atoms. The average Bonchev–Trinajstić information content (AvgIpc) is 2.34. The van der Waals surface area contributed by atoms with Gasteiger partial charge in [0.15, 0.2) is 0 Å². The first kappa shape index (κ1) is 10.8. The average molecular weight is 277 g/mol. The monoisotopic (exact) mass is 276 g/mol. The van der Waals surface area contributed by atoms with Crippen molar-refractivity contribution in [2.24, 2.45) is 5.16 Å². The molecule has 0 aliphatic carbocycles. The normalized spacial score (nSPS) is 11.4. The van der Waals surface area contributed by atoms with E-state index in [1.54, 1.807) is 6.20 Å². The van der Waals surface area contributed by atoms with Crippen LogP contribution in [0.1, 0.15) is 11.1 Å². The molecule has 1 heterocycles. The first-order valence-electron chi connectivity index (χ1n) is 4.70. The number of benzene rings is 1. The van der Waals surface area contributed by atoms with Crippen molar-refractivity contribution in [3.8, 4) is 0 Å². The Hall–Kier alpha value is -1.68. The third-order valence-electron chi connectivity index (χ3n) is 2.15. The van der Waals surface area contributed by atoms with Crippen LogP contribution in [0.4, 0.5) is 0 Å². The zero-order chi connectivity index (χ0) is 11.4. The van der Waals surface area contributed by atoms with Crippen molar-refractivity contribution in [2.45, 2.75) is 0 Å². The largest absolute Gasteiger partial charge is 0.410 e. The first-order chi connectivity index (χ1) is 7.81. The summed E-state index contributed by atoms with van der Waals surface area (Å²) in [4.78, 5) is 4.10. The minimum Gasteiger partial charge on any atom is -0.410 e. The van der Waals surface area contributed by atoms with Gasteiger partial charge >= 0.3 is 0 Å². The molecule has 0 amide bonds. The zero-order valence-corrected chi connectivity index (χ0v) is 9.92. The third-order valence-corrected chi connectivity index (χ3v) is 2.62. The number of pyridine rings is 1. The van der Waals surface area contributed by atoms with Gasteiger partial charge in [0, 0.05) is 17.3 Å². The summed E-state index contributed by atoms with van der Waals surface area (Å²) in [5.41, 5.74) is 2.15. The molecule has 80 valence electrons. The van der Waals surface area contributed by atoms with Crippen molar-refractivity contribution in [1.29, 1.82) is 0 Å². The summed E-state index contributed by atoms with van der Waals surface area (Å²) >= 11 is 3.26. The number of halogens is 1. The maximum absolute atomic E-state index is 9.05. The van der Waals surface area contributed by atoms with Gasteiger partial charge in [-0.2, -0.15) is 0 Å². The van der Waals surface area contributed by atoms with Gasteiger partial charge in [0.25, 0.3) is 0 Å². The molecule has 2 aromatic rings. The zero-order valence-electron chi connectivity index (χ0n) is 8.34. The Balaban J connectivity index is 2.42. The Labute approximate surface area is 102 Å². The van der Waals surface area contributed by atoms with E-state index in [2.05, 4.69) is 26.1 Å². The second-order valence-electron chi connectivity index (χ2n) is 3.18. The van der Waals surface area contributed by atoms with Crippen LogP contribution in [0, 0.1) is 0 Å². The fourth-order valence-corrected chi connectivity index (χ4v) is 1.63. The highest BCUT2D eigenvalue weighted by Gasteiger charge is 2.07. The maximum atomic E-state index is 9.05. The van der Waals surface area contributed by atoms with Crippen LogP contribution >= 0.6 is 15.9 Å². The van der Waals surface area contributed by atoms with Crippen LogP contribution < -0.4 is 0 Å². The molecule has 2 rings (SSSR count). The fraction of sp³-hybridized carbons (Fsp3) is 0. The van der Waals surface area contributed by atoms with Crippen LogP contribution in [-0.2, 0) is 0 Å². The molecule has 0 aliphatic rings. The van der Waals surface area contributed by atoms with Crippen LogP contribution in [0.2, 0.25) is 0 Å². The topological polar surface area (TPSA) is 45.5 Å². The second-order valence-corrected chi connectivity index (χ2v) is 4.00. The summed E-state index contributed by atoms with van der Waals surface area (Å²) in [6.07, 6.45) is 1.66. The number of hydrogen-bond donors (Lipinski definition) is 1. The van der Waals surface area contributed by atoms with Crippen molar-refractivity contribution in [3.63, 3.8) is 0 Å². The fourth-order valence-electron chi connectivity index (χ4n) is 1.39. The lowest BCUT2D eigenvalue weighted by Crippen LogP contribution is -2.03. The standard InChI is InChI=1S/C12H9BrN2O/c13-11-7-6-10(8-14-11)12(15-16)9-4-2-1-3-5-9/h1-8,16H/b15-12-. The molecule has 0 saturated heterocycles. The van der Waals surface area contributed by atoms with Gasteiger partial charge in [0.1, 0.15) is 10.3 Å². The molecule has 0 aliphatic heterocycles. The molecule has 0 spiro atoms. The summed E-state index contributed by atoms with van der Waals surface area (Å²) in [6, 6.07) is 13.1. The summed E-state index contributed by atoms with van der Waals surface area (Å²) < 4.78 is 0.751. The molecule has 0 fully saturated rings. The van der Waals surface area contributed by atoms with Gasteiger partial charge in [-0.1, -0.05) is 35.5 Å². The SMILES string of the molecule is O/N=C(/c1ccccc1)c1ccc(Br)nc1.